The summed E-state index contributed by atoms with van der Waals surface area (Å²) in [5.41, 5.74) is 0.539. The second kappa shape index (κ2) is 2.19. The van der Waals surface area contributed by atoms with Crippen LogP contribution >= 0.6 is 0 Å². The molecule has 3 heteroatoms. The van der Waals surface area contributed by atoms with Gasteiger partial charge in [-0.3, -0.25) is 0 Å². The van der Waals surface area contributed by atoms with Crippen molar-refractivity contribution in [1.82, 2.24) is 5.32 Å². The molecule has 9 heavy (non-hydrogen) atoms. The van der Waals surface area contributed by atoms with Crippen LogP contribution in [0.15, 0.2) is 11.8 Å². The molecule has 0 fully saturated rings. The molecule has 1 unspecified atom stereocenters. The van der Waals surface area contributed by atoms with Crippen LogP contribution in [0.25, 0.3) is 0 Å². The number of rotatable bonds is 0. The lowest BCUT2D eigenvalue weighted by Gasteiger charge is -1.92. The van der Waals surface area contributed by atoms with Gasteiger partial charge in [0.1, 0.15) is 0 Å². The van der Waals surface area contributed by atoms with Crippen molar-refractivity contribution in [1.29, 1.82) is 10.5 Å². The highest BCUT2D eigenvalue weighted by atomic mass is 14.9. The van der Waals surface area contributed by atoms with Crippen molar-refractivity contribution in [2.75, 3.05) is 6.54 Å². The van der Waals surface area contributed by atoms with E-state index in [2.05, 4.69) is 5.32 Å². The molecule has 1 aliphatic rings. The Balaban J connectivity index is 2.74. The van der Waals surface area contributed by atoms with E-state index in [1.54, 1.807) is 6.20 Å². The molecule has 0 saturated carbocycles. The number of nitrogens with one attached hydrogen (secondary N) is 1. The molecule has 0 amide bonds. The Hall–Kier alpha value is -1.48. The smallest absolute Gasteiger partial charge is 0.0998 e. The van der Waals surface area contributed by atoms with E-state index in [0.29, 0.717) is 12.1 Å². The van der Waals surface area contributed by atoms with E-state index in [1.807, 2.05) is 12.1 Å². The summed E-state index contributed by atoms with van der Waals surface area (Å²) in [5.74, 6) is -0.227. The number of nitrogens with zero attached hydrogens (tertiary/aromatic N) is 2. The van der Waals surface area contributed by atoms with Crippen LogP contribution in [0.2, 0.25) is 0 Å². The van der Waals surface area contributed by atoms with Crippen LogP contribution in [0.5, 0.6) is 0 Å². The van der Waals surface area contributed by atoms with Gasteiger partial charge in [0, 0.05) is 12.7 Å². The van der Waals surface area contributed by atoms with Crippen molar-refractivity contribution in [3.8, 4) is 12.1 Å². The SMILES string of the molecule is N#CC1=CNCC1C#N. The van der Waals surface area contributed by atoms with Gasteiger partial charge in [-0.2, -0.15) is 10.5 Å². The summed E-state index contributed by atoms with van der Waals surface area (Å²) in [6, 6.07) is 3.95. The van der Waals surface area contributed by atoms with Crippen molar-refractivity contribution in [3.63, 3.8) is 0 Å². The fourth-order valence-electron chi connectivity index (χ4n) is 0.723. The molecule has 0 aliphatic carbocycles. The van der Waals surface area contributed by atoms with Gasteiger partial charge in [-0.1, -0.05) is 0 Å². The van der Waals surface area contributed by atoms with E-state index >= 15 is 0 Å². The van der Waals surface area contributed by atoms with E-state index in [4.69, 9.17) is 10.5 Å². The zero-order chi connectivity index (χ0) is 6.69. The molecule has 3 nitrogen and oxygen atoms in total. The molecule has 0 aromatic carbocycles. The molecule has 1 N–H and O–H groups in total. The van der Waals surface area contributed by atoms with Crippen molar-refractivity contribution in [2.24, 2.45) is 5.92 Å². The molecule has 0 spiro atoms. The summed E-state index contributed by atoms with van der Waals surface area (Å²) in [7, 11) is 0. The maximum atomic E-state index is 8.39. The van der Waals surface area contributed by atoms with Crippen LogP contribution in [-0.2, 0) is 0 Å². The van der Waals surface area contributed by atoms with Crippen molar-refractivity contribution in [2.45, 2.75) is 0 Å². The second-order valence-electron chi connectivity index (χ2n) is 1.80. The Morgan fingerprint density at radius 3 is 2.89 bits per heavy atom. The lowest BCUT2D eigenvalue weighted by atomic mass is 10.1. The minimum absolute atomic E-state index is 0.227. The molecule has 1 atom stereocenters. The third-order valence-electron chi connectivity index (χ3n) is 1.24. The average Bonchev–Trinajstić information content (AvgIpc) is 2.33. The zero-order valence-corrected chi connectivity index (χ0v) is 4.76. The monoisotopic (exact) mass is 119 g/mol. The maximum absolute atomic E-state index is 8.39. The minimum Gasteiger partial charge on any atom is -0.388 e. The molecule has 0 bridgehead atoms. The Kier molecular flexibility index (Phi) is 1.38. The first-order valence-corrected chi connectivity index (χ1v) is 2.61. The number of nitriles is 2. The molecule has 44 valence electrons. The molecule has 0 radical (unpaired) electrons. The first-order valence-electron chi connectivity index (χ1n) is 2.61. The lowest BCUT2D eigenvalue weighted by molar-refractivity contribution is 0.787. The fraction of sp³-hybridized carbons (Fsp3) is 0.333. The van der Waals surface area contributed by atoms with Crippen LogP contribution in [0, 0.1) is 28.6 Å². The Morgan fingerprint density at radius 1 is 1.67 bits per heavy atom. The first kappa shape index (κ1) is 5.65. The topological polar surface area (TPSA) is 59.6 Å². The van der Waals surface area contributed by atoms with Gasteiger partial charge in [0.05, 0.1) is 23.6 Å². The zero-order valence-electron chi connectivity index (χ0n) is 4.76. The van der Waals surface area contributed by atoms with Gasteiger partial charge < -0.3 is 5.32 Å². The minimum atomic E-state index is -0.227. The predicted octanol–water partition coefficient (Wildman–Crippen LogP) is 0.137. The van der Waals surface area contributed by atoms with E-state index in [0.717, 1.165) is 0 Å². The van der Waals surface area contributed by atoms with Crippen molar-refractivity contribution >= 4 is 0 Å². The highest BCUT2D eigenvalue weighted by Gasteiger charge is 2.16. The van der Waals surface area contributed by atoms with Crippen LogP contribution in [0.4, 0.5) is 0 Å². The highest BCUT2D eigenvalue weighted by molar-refractivity contribution is 5.31. The van der Waals surface area contributed by atoms with E-state index < -0.39 is 0 Å². The second-order valence-corrected chi connectivity index (χ2v) is 1.80. The Labute approximate surface area is 53.2 Å². The molecule has 0 saturated heterocycles. The summed E-state index contributed by atoms with van der Waals surface area (Å²) < 4.78 is 0. The number of hydrogen-bond donors (Lipinski definition) is 1. The first-order chi connectivity index (χ1) is 4.38. The average molecular weight is 119 g/mol. The van der Waals surface area contributed by atoms with Crippen LogP contribution < -0.4 is 5.32 Å². The summed E-state index contributed by atoms with van der Waals surface area (Å²) in [6.07, 6.45) is 1.59. The van der Waals surface area contributed by atoms with Gasteiger partial charge in [0.25, 0.3) is 0 Å². The molecule has 0 aromatic heterocycles. The van der Waals surface area contributed by atoms with Gasteiger partial charge in [-0.25, -0.2) is 0 Å². The van der Waals surface area contributed by atoms with Gasteiger partial charge in [-0.15, -0.1) is 0 Å². The number of hydrogen-bond acceptors (Lipinski definition) is 3. The molecule has 1 aliphatic heterocycles. The summed E-state index contributed by atoms with van der Waals surface area (Å²) >= 11 is 0. The fourth-order valence-corrected chi connectivity index (χ4v) is 0.723. The van der Waals surface area contributed by atoms with Gasteiger partial charge >= 0.3 is 0 Å². The predicted molar refractivity (Wildman–Crippen MR) is 30.8 cm³/mol. The normalized spacial score (nSPS) is 23.3. The Bertz CT molecular complexity index is 215. The van der Waals surface area contributed by atoms with Crippen molar-refractivity contribution < 1.29 is 0 Å². The van der Waals surface area contributed by atoms with Crippen LogP contribution in [-0.4, -0.2) is 6.54 Å². The molecular formula is C6H5N3. The van der Waals surface area contributed by atoms with E-state index in [1.165, 1.54) is 0 Å². The molecule has 1 rings (SSSR count). The summed E-state index contributed by atoms with van der Waals surface area (Å²) in [4.78, 5) is 0. The van der Waals surface area contributed by atoms with Crippen LogP contribution in [0.3, 0.4) is 0 Å². The van der Waals surface area contributed by atoms with E-state index in [-0.39, 0.29) is 5.92 Å². The quantitative estimate of drug-likeness (QED) is 0.493. The van der Waals surface area contributed by atoms with Gasteiger partial charge in [0.2, 0.25) is 0 Å². The van der Waals surface area contributed by atoms with Crippen molar-refractivity contribution in [3.05, 3.63) is 11.8 Å². The molecule has 1 heterocycles. The van der Waals surface area contributed by atoms with Gasteiger partial charge in [-0.05, 0) is 0 Å². The van der Waals surface area contributed by atoms with E-state index in [9.17, 15) is 0 Å². The third-order valence-corrected chi connectivity index (χ3v) is 1.24. The van der Waals surface area contributed by atoms with Gasteiger partial charge in [0.15, 0.2) is 0 Å². The largest absolute Gasteiger partial charge is 0.388 e. The van der Waals surface area contributed by atoms with Crippen LogP contribution in [0.1, 0.15) is 0 Å². The lowest BCUT2D eigenvalue weighted by Crippen LogP contribution is -2.07. The Morgan fingerprint density at radius 2 is 2.44 bits per heavy atom. The highest BCUT2D eigenvalue weighted by Crippen LogP contribution is 2.11. The summed E-state index contributed by atoms with van der Waals surface area (Å²) in [6.45, 7) is 0.583. The maximum Gasteiger partial charge on any atom is 0.0998 e. The third kappa shape index (κ3) is 0.850. The molecule has 0 aromatic rings. The standard InChI is InChI=1S/C6H5N3/c7-1-5-3-9-4-6(5)2-8/h3,6,9H,4H2. The molecular weight excluding hydrogens is 114 g/mol. The summed E-state index contributed by atoms with van der Waals surface area (Å²) in [5, 5.41) is 19.6.